The Morgan fingerprint density at radius 3 is 2.26 bits per heavy atom. The van der Waals surface area contributed by atoms with Gasteiger partial charge in [-0.1, -0.05) is 32.9 Å². The number of H-pyrrole nitrogens is 1. The first kappa shape index (κ1) is 19.1. The number of aromatic nitrogens is 2. The van der Waals surface area contributed by atoms with Crippen LogP contribution in [-0.2, 0) is 5.41 Å². The van der Waals surface area contributed by atoms with Crippen molar-refractivity contribution in [2.75, 3.05) is 26.2 Å². The summed E-state index contributed by atoms with van der Waals surface area (Å²) in [6.45, 7) is 7.95. The van der Waals surface area contributed by atoms with Crippen molar-refractivity contribution in [1.29, 1.82) is 0 Å². The predicted octanol–water partition coefficient (Wildman–Crippen LogP) is 2.83. The lowest BCUT2D eigenvalue weighted by atomic mass is 9.92. The lowest BCUT2D eigenvalue weighted by molar-refractivity contribution is 0.0713. The van der Waals surface area contributed by atoms with E-state index in [9.17, 15) is 14.0 Å². The van der Waals surface area contributed by atoms with Gasteiger partial charge in [0.1, 0.15) is 11.5 Å². The number of hydrogen-bond acceptors (Lipinski definition) is 3. The fraction of sp³-hybridized carbons (Fsp3) is 0.450. The molecule has 1 aliphatic rings. The van der Waals surface area contributed by atoms with Gasteiger partial charge in [-0.15, -0.1) is 0 Å². The summed E-state index contributed by atoms with van der Waals surface area (Å²) in [5.41, 5.74) is 1.23. The van der Waals surface area contributed by atoms with E-state index >= 15 is 0 Å². The third-order valence-electron chi connectivity index (χ3n) is 4.78. The zero-order chi connectivity index (χ0) is 19.6. The molecule has 1 aliphatic heterocycles. The first-order chi connectivity index (χ1) is 12.8. The van der Waals surface area contributed by atoms with Crippen molar-refractivity contribution in [1.82, 2.24) is 20.0 Å². The number of hydrogen-bond donors (Lipinski definition) is 1. The summed E-state index contributed by atoms with van der Waals surface area (Å²) >= 11 is 0. The van der Waals surface area contributed by atoms with Crippen LogP contribution in [0.2, 0.25) is 0 Å². The number of rotatable bonds is 2. The Balaban J connectivity index is 1.68. The molecule has 1 N–H and O–H groups in total. The minimum absolute atomic E-state index is 0.0689. The van der Waals surface area contributed by atoms with Crippen molar-refractivity contribution >= 4 is 11.8 Å². The van der Waals surface area contributed by atoms with E-state index in [1.807, 2.05) is 20.8 Å². The highest BCUT2D eigenvalue weighted by Gasteiger charge is 2.27. The topological polar surface area (TPSA) is 69.3 Å². The van der Waals surface area contributed by atoms with Gasteiger partial charge in [-0.2, -0.15) is 5.10 Å². The van der Waals surface area contributed by atoms with Gasteiger partial charge in [0.25, 0.3) is 11.8 Å². The largest absolute Gasteiger partial charge is 0.337 e. The summed E-state index contributed by atoms with van der Waals surface area (Å²) in [5.74, 6) is -1.01. The molecule has 1 fully saturated rings. The summed E-state index contributed by atoms with van der Waals surface area (Å²) in [4.78, 5) is 28.7. The fourth-order valence-electron chi connectivity index (χ4n) is 3.11. The molecule has 0 saturated carbocycles. The Labute approximate surface area is 158 Å². The van der Waals surface area contributed by atoms with Gasteiger partial charge in [-0.05, 0) is 24.6 Å². The normalized spacial score (nSPS) is 15.6. The van der Waals surface area contributed by atoms with E-state index in [2.05, 4.69) is 10.2 Å². The molecule has 3 rings (SSSR count). The van der Waals surface area contributed by atoms with Gasteiger partial charge in [-0.3, -0.25) is 14.7 Å². The van der Waals surface area contributed by atoms with Crippen molar-refractivity contribution in [3.05, 3.63) is 53.1 Å². The standard InChI is InChI=1S/C20H25FN4O2/c1-20(2,3)17-13-16(22-23-17)19(27)25-10-6-9-24(11-12-25)18(26)14-7-4-5-8-15(14)21/h4-5,7-8,13H,6,9-12H2,1-3H3,(H,22,23). The van der Waals surface area contributed by atoms with Crippen LogP contribution in [0.3, 0.4) is 0 Å². The number of benzene rings is 1. The van der Waals surface area contributed by atoms with Gasteiger partial charge in [-0.25, -0.2) is 4.39 Å². The molecule has 0 bridgehead atoms. The van der Waals surface area contributed by atoms with Crippen LogP contribution in [0.1, 0.15) is 53.7 Å². The van der Waals surface area contributed by atoms with E-state index in [1.165, 1.54) is 12.1 Å². The maximum Gasteiger partial charge on any atom is 0.274 e. The number of carbonyl (C=O) groups is 2. The predicted molar refractivity (Wildman–Crippen MR) is 100 cm³/mol. The van der Waals surface area contributed by atoms with Crippen LogP contribution in [0.15, 0.2) is 30.3 Å². The average Bonchev–Trinajstić information content (AvgIpc) is 3.00. The molecule has 0 atom stereocenters. The molecule has 6 nitrogen and oxygen atoms in total. The second-order valence-electron chi connectivity index (χ2n) is 7.83. The number of carbonyl (C=O) groups excluding carboxylic acids is 2. The fourth-order valence-corrected chi connectivity index (χ4v) is 3.11. The van der Waals surface area contributed by atoms with Crippen LogP contribution in [-0.4, -0.2) is 58.0 Å². The molecule has 2 heterocycles. The highest BCUT2D eigenvalue weighted by atomic mass is 19.1. The van der Waals surface area contributed by atoms with Crippen LogP contribution >= 0.6 is 0 Å². The summed E-state index contributed by atoms with van der Waals surface area (Å²) in [7, 11) is 0. The van der Waals surface area contributed by atoms with Gasteiger partial charge in [0, 0.05) is 37.3 Å². The van der Waals surface area contributed by atoms with E-state index in [-0.39, 0.29) is 22.8 Å². The SMILES string of the molecule is CC(C)(C)c1cc(C(=O)N2CCCN(C(=O)c3ccccc3F)CC2)n[nH]1. The molecule has 27 heavy (non-hydrogen) atoms. The van der Waals surface area contributed by atoms with Gasteiger partial charge in [0.15, 0.2) is 0 Å². The van der Waals surface area contributed by atoms with Crippen LogP contribution in [0.25, 0.3) is 0 Å². The highest BCUT2D eigenvalue weighted by molar-refractivity contribution is 5.95. The van der Waals surface area contributed by atoms with Crippen molar-refractivity contribution < 1.29 is 14.0 Å². The van der Waals surface area contributed by atoms with Crippen LogP contribution in [0, 0.1) is 5.82 Å². The van der Waals surface area contributed by atoms with Gasteiger partial charge < -0.3 is 9.80 Å². The number of amides is 2. The van der Waals surface area contributed by atoms with Crippen molar-refractivity contribution in [3.8, 4) is 0 Å². The zero-order valence-corrected chi connectivity index (χ0v) is 16.0. The van der Waals surface area contributed by atoms with E-state index in [0.717, 1.165) is 5.69 Å². The molecule has 2 amide bonds. The summed E-state index contributed by atoms with van der Waals surface area (Å²) in [6.07, 6.45) is 0.641. The quantitative estimate of drug-likeness (QED) is 0.881. The number of aromatic amines is 1. The number of nitrogens with one attached hydrogen (secondary N) is 1. The summed E-state index contributed by atoms with van der Waals surface area (Å²) < 4.78 is 13.9. The Morgan fingerprint density at radius 1 is 1.04 bits per heavy atom. The minimum atomic E-state index is -0.522. The van der Waals surface area contributed by atoms with Crippen molar-refractivity contribution in [3.63, 3.8) is 0 Å². The molecule has 1 aromatic carbocycles. The van der Waals surface area contributed by atoms with E-state index in [0.29, 0.717) is 38.3 Å². The van der Waals surface area contributed by atoms with Crippen LogP contribution < -0.4 is 0 Å². The summed E-state index contributed by atoms with van der Waals surface area (Å²) in [6, 6.07) is 7.77. The lowest BCUT2D eigenvalue weighted by Crippen LogP contribution is -2.37. The molecule has 0 radical (unpaired) electrons. The van der Waals surface area contributed by atoms with Crippen molar-refractivity contribution in [2.45, 2.75) is 32.6 Å². The second kappa shape index (κ2) is 7.50. The van der Waals surface area contributed by atoms with E-state index in [1.54, 1.807) is 28.0 Å². The van der Waals surface area contributed by atoms with Crippen molar-refractivity contribution in [2.24, 2.45) is 0 Å². The van der Waals surface area contributed by atoms with Gasteiger partial charge >= 0.3 is 0 Å². The first-order valence-corrected chi connectivity index (χ1v) is 9.16. The maximum absolute atomic E-state index is 13.9. The van der Waals surface area contributed by atoms with E-state index < -0.39 is 5.82 Å². The van der Waals surface area contributed by atoms with Crippen LogP contribution in [0.4, 0.5) is 4.39 Å². The second-order valence-corrected chi connectivity index (χ2v) is 7.83. The molecular formula is C20H25FN4O2. The molecule has 1 saturated heterocycles. The monoisotopic (exact) mass is 372 g/mol. The Kier molecular flexibility index (Phi) is 5.30. The highest BCUT2D eigenvalue weighted by Crippen LogP contribution is 2.21. The Morgan fingerprint density at radius 2 is 1.67 bits per heavy atom. The zero-order valence-electron chi connectivity index (χ0n) is 16.0. The molecular weight excluding hydrogens is 347 g/mol. The Bertz CT molecular complexity index is 841. The van der Waals surface area contributed by atoms with Crippen LogP contribution in [0.5, 0.6) is 0 Å². The molecule has 0 aliphatic carbocycles. The van der Waals surface area contributed by atoms with Gasteiger partial charge in [0.05, 0.1) is 5.56 Å². The molecule has 2 aromatic rings. The Hall–Kier alpha value is -2.70. The average molecular weight is 372 g/mol. The summed E-state index contributed by atoms with van der Waals surface area (Å²) in [5, 5.41) is 7.09. The molecule has 7 heteroatoms. The molecule has 1 aromatic heterocycles. The smallest absolute Gasteiger partial charge is 0.274 e. The first-order valence-electron chi connectivity index (χ1n) is 9.16. The number of halogens is 1. The van der Waals surface area contributed by atoms with E-state index in [4.69, 9.17) is 0 Å². The molecule has 0 spiro atoms. The lowest BCUT2D eigenvalue weighted by Gasteiger charge is -2.22. The molecule has 0 unspecified atom stereocenters. The molecule has 144 valence electrons. The third kappa shape index (κ3) is 4.18. The van der Waals surface area contributed by atoms with Gasteiger partial charge in [0.2, 0.25) is 0 Å². The minimum Gasteiger partial charge on any atom is -0.337 e. The third-order valence-corrected chi connectivity index (χ3v) is 4.78. The number of nitrogens with zero attached hydrogens (tertiary/aromatic N) is 3. The maximum atomic E-state index is 13.9.